The molecule has 0 bridgehead atoms. The van der Waals surface area contributed by atoms with Crippen molar-refractivity contribution in [3.05, 3.63) is 65.2 Å². The van der Waals surface area contributed by atoms with Crippen LogP contribution in [0.5, 0.6) is 11.5 Å². The summed E-state index contributed by atoms with van der Waals surface area (Å²) in [6.07, 6.45) is 2.96. The van der Waals surface area contributed by atoms with Crippen molar-refractivity contribution in [3.8, 4) is 11.5 Å². The maximum absolute atomic E-state index is 11.8. The van der Waals surface area contributed by atoms with Crippen LogP contribution in [0.4, 0.5) is 0 Å². The first-order valence-electron chi connectivity index (χ1n) is 8.09. The van der Waals surface area contributed by atoms with Crippen LogP contribution in [0.25, 0.3) is 6.08 Å². The largest absolute Gasteiger partial charge is 0.497 e. The first kappa shape index (κ1) is 19.1. The molecule has 0 heterocycles. The standard InChI is InChI=1S/C20H22N2O4/c1-14-4-10-18(15(2)12-14)26-13-20(24)22-21-19(23)11-7-16-5-8-17(25-3)9-6-16/h4-12H,13H2,1-3H3,(H,21,23)(H,22,24)/b11-7+. The van der Waals surface area contributed by atoms with Gasteiger partial charge in [0.1, 0.15) is 11.5 Å². The fourth-order valence-corrected chi connectivity index (χ4v) is 2.20. The van der Waals surface area contributed by atoms with Crippen molar-refractivity contribution in [1.82, 2.24) is 10.9 Å². The molecule has 0 saturated heterocycles. The SMILES string of the molecule is COc1ccc(/C=C/C(=O)NNC(=O)COc2ccc(C)cc2C)cc1. The van der Waals surface area contributed by atoms with Gasteiger partial charge in [0, 0.05) is 6.08 Å². The Morgan fingerprint density at radius 1 is 1.04 bits per heavy atom. The molecule has 0 radical (unpaired) electrons. The number of hydrogen-bond acceptors (Lipinski definition) is 4. The van der Waals surface area contributed by atoms with Crippen LogP contribution in [0.2, 0.25) is 0 Å². The number of nitrogens with one attached hydrogen (secondary N) is 2. The highest BCUT2D eigenvalue weighted by atomic mass is 16.5. The minimum absolute atomic E-state index is 0.188. The Balaban J connectivity index is 1.75. The number of carbonyl (C=O) groups is 2. The Kier molecular flexibility index (Phi) is 6.79. The van der Waals surface area contributed by atoms with Crippen molar-refractivity contribution in [1.29, 1.82) is 0 Å². The predicted molar refractivity (Wildman–Crippen MR) is 99.7 cm³/mol. The summed E-state index contributed by atoms with van der Waals surface area (Å²) in [7, 11) is 1.59. The number of carbonyl (C=O) groups excluding carboxylic acids is 2. The molecule has 0 saturated carbocycles. The fraction of sp³-hybridized carbons (Fsp3) is 0.200. The van der Waals surface area contributed by atoms with Crippen LogP contribution in [-0.2, 0) is 9.59 Å². The van der Waals surface area contributed by atoms with Gasteiger partial charge in [-0.1, -0.05) is 29.8 Å². The zero-order chi connectivity index (χ0) is 18.9. The van der Waals surface area contributed by atoms with Crippen LogP contribution < -0.4 is 20.3 Å². The molecule has 0 aliphatic heterocycles. The van der Waals surface area contributed by atoms with E-state index in [1.54, 1.807) is 25.3 Å². The molecule has 0 aliphatic rings. The summed E-state index contributed by atoms with van der Waals surface area (Å²) in [5.74, 6) is 0.482. The van der Waals surface area contributed by atoms with E-state index in [-0.39, 0.29) is 6.61 Å². The molecule has 0 spiro atoms. The molecule has 0 atom stereocenters. The number of rotatable bonds is 6. The van der Waals surface area contributed by atoms with Crippen LogP contribution >= 0.6 is 0 Å². The van der Waals surface area contributed by atoms with Gasteiger partial charge in [0.2, 0.25) is 0 Å². The smallest absolute Gasteiger partial charge is 0.276 e. The van der Waals surface area contributed by atoms with Gasteiger partial charge in [-0.05, 0) is 49.2 Å². The van der Waals surface area contributed by atoms with Gasteiger partial charge in [-0.3, -0.25) is 20.4 Å². The lowest BCUT2D eigenvalue weighted by Gasteiger charge is -2.10. The molecule has 6 nitrogen and oxygen atoms in total. The third-order valence-electron chi connectivity index (χ3n) is 3.56. The summed E-state index contributed by atoms with van der Waals surface area (Å²) in [5, 5.41) is 0. The highest BCUT2D eigenvalue weighted by Gasteiger charge is 2.05. The van der Waals surface area contributed by atoms with Gasteiger partial charge in [-0.15, -0.1) is 0 Å². The van der Waals surface area contributed by atoms with E-state index in [9.17, 15) is 9.59 Å². The molecule has 0 fully saturated rings. The van der Waals surface area contributed by atoms with E-state index in [0.717, 1.165) is 22.4 Å². The maximum atomic E-state index is 11.8. The van der Waals surface area contributed by atoms with Crippen LogP contribution in [0, 0.1) is 13.8 Å². The van der Waals surface area contributed by atoms with Crippen molar-refractivity contribution in [2.45, 2.75) is 13.8 Å². The summed E-state index contributed by atoms with van der Waals surface area (Å²) in [6, 6.07) is 12.9. The molecule has 2 rings (SSSR count). The van der Waals surface area contributed by atoms with Crippen LogP contribution in [0.15, 0.2) is 48.5 Å². The van der Waals surface area contributed by atoms with Crippen LogP contribution in [0.3, 0.4) is 0 Å². The van der Waals surface area contributed by atoms with Crippen molar-refractivity contribution >= 4 is 17.9 Å². The zero-order valence-corrected chi connectivity index (χ0v) is 15.0. The van der Waals surface area contributed by atoms with Gasteiger partial charge < -0.3 is 9.47 Å². The molecular formula is C20H22N2O4. The zero-order valence-electron chi connectivity index (χ0n) is 15.0. The van der Waals surface area contributed by atoms with Crippen molar-refractivity contribution in [2.24, 2.45) is 0 Å². The number of methoxy groups -OCH3 is 1. The van der Waals surface area contributed by atoms with E-state index < -0.39 is 11.8 Å². The Morgan fingerprint density at radius 3 is 2.42 bits per heavy atom. The highest BCUT2D eigenvalue weighted by Crippen LogP contribution is 2.18. The second kappa shape index (κ2) is 9.27. The highest BCUT2D eigenvalue weighted by molar-refractivity contribution is 5.93. The van der Waals surface area contributed by atoms with Crippen molar-refractivity contribution in [3.63, 3.8) is 0 Å². The number of amides is 2. The number of hydrazine groups is 1. The van der Waals surface area contributed by atoms with Gasteiger partial charge >= 0.3 is 0 Å². The van der Waals surface area contributed by atoms with Crippen LogP contribution in [0.1, 0.15) is 16.7 Å². The number of benzene rings is 2. The molecule has 0 aliphatic carbocycles. The normalized spacial score (nSPS) is 10.4. The first-order chi connectivity index (χ1) is 12.5. The lowest BCUT2D eigenvalue weighted by atomic mass is 10.1. The molecule has 0 aromatic heterocycles. The summed E-state index contributed by atoms with van der Waals surface area (Å²) in [4.78, 5) is 23.5. The van der Waals surface area contributed by atoms with E-state index in [1.165, 1.54) is 6.08 Å². The number of ether oxygens (including phenoxy) is 2. The molecule has 2 aromatic rings. The monoisotopic (exact) mass is 354 g/mol. The summed E-state index contributed by atoms with van der Waals surface area (Å²) < 4.78 is 10.5. The lowest BCUT2D eigenvalue weighted by Crippen LogP contribution is -2.43. The van der Waals surface area contributed by atoms with Crippen molar-refractivity contribution in [2.75, 3.05) is 13.7 Å². The second-order valence-corrected chi connectivity index (χ2v) is 5.70. The van der Waals surface area contributed by atoms with Crippen molar-refractivity contribution < 1.29 is 19.1 Å². The number of hydrogen-bond donors (Lipinski definition) is 2. The lowest BCUT2D eigenvalue weighted by molar-refractivity contribution is -0.128. The average Bonchev–Trinajstić information content (AvgIpc) is 2.64. The molecule has 2 N–H and O–H groups in total. The quantitative estimate of drug-likeness (QED) is 0.617. The summed E-state index contributed by atoms with van der Waals surface area (Å²) in [5.41, 5.74) is 7.52. The molecule has 136 valence electrons. The van der Waals surface area contributed by atoms with Gasteiger partial charge in [0.25, 0.3) is 11.8 Å². The van der Waals surface area contributed by atoms with Crippen LogP contribution in [-0.4, -0.2) is 25.5 Å². The Labute approximate surface area is 152 Å². The average molecular weight is 354 g/mol. The van der Waals surface area contributed by atoms with E-state index >= 15 is 0 Å². The topological polar surface area (TPSA) is 76.7 Å². The van der Waals surface area contributed by atoms with E-state index in [2.05, 4.69) is 10.9 Å². The van der Waals surface area contributed by atoms with Gasteiger partial charge in [-0.25, -0.2) is 0 Å². The maximum Gasteiger partial charge on any atom is 0.276 e. The summed E-state index contributed by atoms with van der Waals surface area (Å²) >= 11 is 0. The molecule has 2 aromatic carbocycles. The third kappa shape index (κ3) is 5.98. The van der Waals surface area contributed by atoms with Gasteiger partial charge in [0.05, 0.1) is 7.11 Å². The fourth-order valence-electron chi connectivity index (χ4n) is 2.20. The Hall–Kier alpha value is -3.28. The van der Waals surface area contributed by atoms with E-state index in [4.69, 9.17) is 9.47 Å². The Bertz CT molecular complexity index is 798. The number of aryl methyl sites for hydroxylation is 2. The first-order valence-corrected chi connectivity index (χ1v) is 8.09. The minimum Gasteiger partial charge on any atom is -0.497 e. The third-order valence-corrected chi connectivity index (χ3v) is 3.56. The molecule has 2 amide bonds. The van der Waals surface area contributed by atoms with E-state index in [1.807, 2.05) is 44.2 Å². The molecule has 6 heteroatoms. The second-order valence-electron chi connectivity index (χ2n) is 5.70. The van der Waals surface area contributed by atoms with Gasteiger partial charge in [-0.2, -0.15) is 0 Å². The molecule has 0 unspecified atom stereocenters. The predicted octanol–water partition coefficient (Wildman–Crippen LogP) is 2.55. The summed E-state index contributed by atoms with van der Waals surface area (Å²) in [6.45, 7) is 3.71. The molecule has 26 heavy (non-hydrogen) atoms. The Morgan fingerprint density at radius 2 is 1.77 bits per heavy atom. The van der Waals surface area contributed by atoms with E-state index in [0.29, 0.717) is 5.75 Å². The minimum atomic E-state index is -0.448. The van der Waals surface area contributed by atoms with Gasteiger partial charge in [0.15, 0.2) is 6.61 Å². The molecular weight excluding hydrogens is 332 g/mol.